The first-order valence-corrected chi connectivity index (χ1v) is 6.72. The van der Waals surface area contributed by atoms with Gasteiger partial charge in [0, 0.05) is 23.4 Å². The van der Waals surface area contributed by atoms with Crippen LogP contribution in [-0.4, -0.2) is 10.0 Å². The first-order chi connectivity index (χ1) is 10.0. The second kappa shape index (κ2) is 6.37. The van der Waals surface area contributed by atoms with Gasteiger partial charge in [-0.3, -0.25) is 10.1 Å². The topological polar surface area (TPSA) is 75.4 Å². The van der Waals surface area contributed by atoms with E-state index >= 15 is 0 Å². The molecule has 0 saturated carbocycles. The van der Waals surface area contributed by atoms with E-state index in [9.17, 15) is 10.1 Å². The van der Waals surface area contributed by atoms with Crippen molar-refractivity contribution >= 4 is 11.4 Å². The molecule has 0 radical (unpaired) electrons. The molecule has 5 nitrogen and oxygen atoms in total. The summed E-state index contributed by atoms with van der Waals surface area (Å²) in [7, 11) is 0. The summed E-state index contributed by atoms with van der Waals surface area (Å²) in [5.74, 6) is 0. The maximum absolute atomic E-state index is 11.0. The number of nitro groups is 1. The Morgan fingerprint density at radius 3 is 2.71 bits per heavy atom. The van der Waals surface area contributed by atoms with Crippen molar-refractivity contribution in [1.29, 1.82) is 0 Å². The SMILES string of the molecule is Cc1ccc(C(C)Nc2cccc(CO)c2)cc1[N+](=O)[O-]. The van der Waals surface area contributed by atoms with Crippen molar-refractivity contribution in [2.45, 2.75) is 26.5 Å². The normalized spacial score (nSPS) is 12.0. The molecule has 0 fully saturated rings. The van der Waals surface area contributed by atoms with Crippen molar-refractivity contribution in [2.24, 2.45) is 0 Å². The zero-order valence-corrected chi connectivity index (χ0v) is 12.0. The number of anilines is 1. The molecule has 110 valence electrons. The van der Waals surface area contributed by atoms with Gasteiger partial charge in [-0.25, -0.2) is 0 Å². The molecule has 1 atom stereocenters. The number of nitro benzene ring substituents is 1. The van der Waals surface area contributed by atoms with Crippen LogP contribution in [0.15, 0.2) is 42.5 Å². The van der Waals surface area contributed by atoms with Crippen LogP contribution in [0.4, 0.5) is 11.4 Å². The van der Waals surface area contributed by atoms with Crippen LogP contribution in [0.5, 0.6) is 0 Å². The van der Waals surface area contributed by atoms with Crippen LogP contribution in [0, 0.1) is 17.0 Å². The highest BCUT2D eigenvalue weighted by atomic mass is 16.6. The van der Waals surface area contributed by atoms with Gasteiger partial charge in [0.1, 0.15) is 0 Å². The molecule has 0 aliphatic heterocycles. The van der Waals surface area contributed by atoms with Gasteiger partial charge in [-0.1, -0.05) is 24.3 Å². The summed E-state index contributed by atoms with van der Waals surface area (Å²) < 4.78 is 0. The summed E-state index contributed by atoms with van der Waals surface area (Å²) in [6.07, 6.45) is 0. The lowest BCUT2D eigenvalue weighted by molar-refractivity contribution is -0.385. The molecule has 0 aliphatic rings. The second-order valence-corrected chi connectivity index (χ2v) is 5.03. The van der Waals surface area contributed by atoms with E-state index in [1.165, 1.54) is 0 Å². The third-order valence-electron chi connectivity index (χ3n) is 3.42. The molecule has 2 N–H and O–H groups in total. The van der Waals surface area contributed by atoms with Crippen LogP contribution < -0.4 is 5.32 Å². The fourth-order valence-electron chi connectivity index (χ4n) is 2.19. The highest BCUT2D eigenvalue weighted by molar-refractivity contribution is 5.49. The third-order valence-corrected chi connectivity index (χ3v) is 3.42. The maximum atomic E-state index is 11.0. The number of nitrogens with zero attached hydrogens (tertiary/aromatic N) is 1. The van der Waals surface area contributed by atoms with Crippen molar-refractivity contribution in [3.63, 3.8) is 0 Å². The fourth-order valence-corrected chi connectivity index (χ4v) is 2.19. The van der Waals surface area contributed by atoms with Gasteiger partial charge < -0.3 is 10.4 Å². The molecule has 0 spiro atoms. The highest BCUT2D eigenvalue weighted by Gasteiger charge is 2.14. The molecule has 5 heteroatoms. The fraction of sp³-hybridized carbons (Fsp3) is 0.250. The van der Waals surface area contributed by atoms with Crippen LogP contribution in [0.2, 0.25) is 0 Å². The first-order valence-electron chi connectivity index (χ1n) is 6.72. The Balaban J connectivity index is 2.21. The van der Waals surface area contributed by atoms with Crippen LogP contribution in [0.1, 0.15) is 29.7 Å². The smallest absolute Gasteiger partial charge is 0.272 e. The molecule has 2 aromatic carbocycles. The van der Waals surface area contributed by atoms with Gasteiger partial charge in [0.15, 0.2) is 0 Å². The van der Waals surface area contributed by atoms with E-state index in [0.717, 1.165) is 16.8 Å². The van der Waals surface area contributed by atoms with Crippen LogP contribution in [0.25, 0.3) is 0 Å². The van der Waals surface area contributed by atoms with Gasteiger partial charge in [-0.05, 0) is 37.1 Å². The van der Waals surface area contributed by atoms with E-state index in [1.54, 1.807) is 19.1 Å². The molecule has 0 amide bonds. The molecular weight excluding hydrogens is 268 g/mol. The van der Waals surface area contributed by atoms with E-state index in [4.69, 9.17) is 5.11 Å². The lowest BCUT2D eigenvalue weighted by atomic mass is 10.0. The lowest BCUT2D eigenvalue weighted by Crippen LogP contribution is -2.07. The summed E-state index contributed by atoms with van der Waals surface area (Å²) in [5.41, 5.74) is 3.32. The van der Waals surface area contributed by atoms with Crippen molar-refractivity contribution < 1.29 is 10.0 Å². The number of nitrogens with one attached hydrogen (secondary N) is 1. The van der Waals surface area contributed by atoms with Gasteiger partial charge in [0.25, 0.3) is 5.69 Å². The van der Waals surface area contributed by atoms with Crippen LogP contribution in [0.3, 0.4) is 0 Å². The van der Waals surface area contributed by atoms with E-state index in [0.29, 0.717) is 5.56 Å². The number of benzene rings is 2. The van der Waals surface area contributed by atoms with Crippen molar-refractivity contribution in [1.82, 2.24) is 0 Å². The molecule has 0 heterocycles. The molecule has 2 aromatic rings. The predicted molar refractivity (Wildman–Crippen MR) is 82.2 cm³/mol. The molecule has 0 aliphatic carbocycles. The minimum atomic E-state index is -0.363. The Hall–Kier alpha value is -2.40. The Labute approximate surface area is 123 Å². The first kappa shape index (κ1) is 15.0. The largest absolute Gasteiger partial charge is 0.392 e. The van der Waals surface area contributed by atoms with Crippen LogP contribution in [-0.2, 0) is 6.61 Å². The van der Waals surface area contributed by atoms with Gasteiger partial charge >= 0.3 is 0 Å². The molecule has 0 saturated heterocycles. The summed E-state index contributed by atoms with van der Waals surface area (Å²) in [6.45, 7) is 3.66. The maximum Gasteiger partial charge on any atom is 0.272 e. The summed E-state index contributed by atoms with van der Waals surface area (Å²) in [5, 5.41) is 23.4. The van der Waals surface area contributed by atoms with Gasteiger partial charge in [-0.2, -0.15) is 0 Å². The minimum Gasteiger partial charge on any atom is -0.392 e. The van der Waals surface area contributed by atoms with Gasteiger partial charge in [0.05, 0.1) is 11.5 Å². The van der Waals surface area contributed by atoms with E-state index in [-0.39, 0.29) is 23.3 Å². The lowest BCUT2D eigenvalue weighted by Gasteiger charge is -2.16. The molecule has 0 aromatic heterocycles. The number of aryl methyl sites for hydroxylation is 1. The number of aliphatic hydroxyl groups is 1. The van der Waals surface area contributed by atoms with Crippen molar-refractivity contribution in [2.75, 3.05) is 5.32 Å². The zero-order valence-electron chi connectivity index (χ0n) is 12.0. The molecule has 1 unspecified atom stereocenters. The van der Waals surface area contributed by atoms with Gasteiger partial charge in [0.2, 0.25) is 0 Å². The number of hydrogen-bond donors (Lipinski definition) is 2. The Bertz CT molecular complexity index is 656. The highest BCUT2D eigenvalue weighted by Crippen LogP contribution is 2.25. The molecule has 2 rings (SSSR count). The van der Waals surface area contributed by atoms with E-state index < -0.39 is 0 Å². The minimum absolute atomic E-state index is 0.0140. The number of rotatable bonds is 5. The summed E-state index contributed by atoms with van der Waals surface area (Å²) in [4.78, 5) is 10.6. The summed E-state index contributed by atoms with van der Waals surface area (Å²) in [6, 6.07) is 12.6. The second-order valence-electron chi connectivity index (χ2n) is 5.03. The van der Waals surface area contributed by atoms with E-state index in [2.05, 4.69) is 5.32 Å². The molecular formula is C16H18N2O3. The van der Waals surface area contributed by atoms with Crippen molar-refractivity contribution in [3.8, 4) is 0 Å². The average Bonchev–Trinajstić information content (AvgIpc) is 2.47. The van der Waals surface area contributed by atoms with Crippen LogP contribution >= 0.6 is 0 Å². The Morgan fingerprint density at radius 1 is 1.29 bits per heavy atom. The Kier molecular flexibility index (Phi) is 4.55. The summed E-state index contributed by atoms with van der Waals surface area (Å²) >= 11 is 0. The molecule has 0 bridgehead atoms. The quantitative estimate of drug-likeness (QED) is 0.651. The zero-order chi connectivity index (χ0) is 15.4. The predicted octanol–water partition coefficient (Wildman–Crippen LogP) is 3.57. The third kappa shape index (κ3) is 3.58. The van der Waals surface area contributed by atoms with E-state index in [1.807, 2.05) is 37.3 Å². The average molecular weight is 286 g/mol. The monoisotopic (exact) mass is 286 g/mol. The number of aliphatic hydroxyl groups excluding tert-OH is 1. The molecule has 21 heavy (non-hydrogen) atoms. The Morgan fingerprint density at radius 2 is 2.05 bits per heavy atom. The number of hydrogen-bond acceptors (Lipinski definition) is 4. The van der Waals surface area contributed by atoms with Gasteiger partial charge in [-0.15, -0.1) is 0 Å². The standard InChI is InChI=1S/C16H18N2O3/c1-11-6-7-14(9-16(11)18(20)21)12(2)17-15-5-3-4-13(8-15)10-19/h3-9,12,17,19H,10H2,1-2H3. The van der Waals surface area contributed by atoms with Crippen molar-refractivity contribution in [3.05, 3.63) is 69.3 Å².